The highest BCUT2D eigenvalue weighted by atomic mass is 16.5. The third kappa shape index (κ3) is 2.67. The van der Waals surface area contributed by atoms with Crippen molar-refractivity contribution in [2.45, 2.75) is 31.6 Å². The lowest BCUT2D eigenvalue weighted by atomic mass is 9.91. The van der Waals surface area contributed by atoms with Crippen molar-refractivity contribution in [1.29, 1.82) is 0 Å². The summed E-state index contributed by atoms with van der Waals surface area (Å²) in [6, 6.07) is 3.91. The fourth-order valence-corrected chi connectivity index (χ4v) is 3.09. The molecule has 0 radical (unpaired) electrons. The average Bonchev–Trinajstić information content (AvgIpc) is 3.06. The van der Waals surface area contributed by atoms with E-state index in [4.69, 9.17) is 9.15 Å². The van der Waals surface area contributed by atoms with Crippen LogP contribution in [0.4, 0.5) is 0 Å². The van der Waals surface area contributed by atoms with Crippen LogP contribution in [0.3, 0.4) is 0 Å². The maximum Gasteiger partial charge on any atom is 0.248 e. The van der Waals surface area contributed by atoms with Gasteiger partial charge in [0.05, 0.1) is 18.9 Å². The molecule has 3 rings (SSSR count). The fourth-order valence-electron chi connectivity index (χ4n) is 3.09. The summed E-state index contributed by atoms with van der Waals surface area (Å²) in [5.74, 6) is 1.52. The van der Waals surface area contributed by atoms with Crippen LogP contribution in [0.2, 0.25) is 0 Å². The number of nitrogens with zero attached hydrogens (tertiary/aromatic N) is 1. The second-order valence-corrected chi connectivity index (χ2v) is 5.38. The predicted molar refractivity (Wildman–Crippen MR) is 69.4 cm³/mol. The lowest BCUT2D eigenvalue weighted by molar-refractivity contribution is -0.132. The molecular weight excluding hydrogens is 244 g/mol. The van der Waals surface area contributed by atoms with Crippen LogP contribution < -0.4 is 5.32 Å². The normalized spacial score (nSPS) is 31.1. The topological polar surface area (TPSA) is 54.7 Å². The van der Waals surface area contributed by atoms with E-state index in [9.17, 15) is 4.79 Å². The summed E-state index contributed by atoms with van der Waals surface area (Å²) in [4.78, 5) is 14.0. The minimum atomic E-state index is -0.261. The van der Waals surface area contributed by atoms with Gasteiger partial charge in [-0.25, -0.2) is 0 Å². The van der Waals surface area contributed by atoms with Gasteiger partial charge in [0, 0.05) is 13.6 Å². The smallest absolute Gasteiger partial charge is 0.248 e. The van der Waals surface area contributed by atoms with Crippen LogP contribution in [0.15, 0.2) is 22.8 Å². The Kier molecular flexibility index (Phi) is 3.57. The van der Waals surface area contributed by atoms with Crippen molar-refractivity contribution in [2.24, 2.45) is 5.92 Å². The van der Waals surface area contributed by atoms with Crippen LogP contribution >= 0.6 is 0 Å². The number of rotatable bonds is 3. The molecule has 3 atom stereocenters. The second-order valence-electron chi connectivity index (χ2n) is 5.38. The van der Waals surface area contributed by atoms with E-state index in [-0.39, 0.29) is 18.1 Å². The molecule has 0 unspecified atom stereocenters. The van der Waals surface area contributed by atoms with E-state index in [0.29, 0.717) is 5.92 Å². The molecule has 0 aliphatic carbocycles. The lowest BCUT2D eigenvalue weighted by Crippen LogP contribution is -2.42. The van der Waals surface area contributed by atoms with Crippen molar-refractivity contribution in [1.82, 2.24) is 10.2 Å². The van der Waals surface area contributed by atoms with E-state index in [1.807, 2.05) is 12.1 Å². The highest BCUT2D eigenvalue weighted by Gasteiger charge is 2.41. The standard InChI is InChI=1S/C14H20N2O3/c1-15-14(17)12-7-10-4-5-16(9-13(10)19-12)8-11-3-2-6-18-11/h2-3,6,10,12-13H,4-5,7-9H2,1H3,(H,15,17)/t10-,12+,13+/m0/s1. The SMILES string of the molecule is CNC(=O)[C@H]1C[C@@H]2CCN(Cc3ccco3)C[C@H]2O1. The number of likely N-dealkylation sites (N-methyl/N-ethyl adjacent to an activating group) is 1. The zero-order chi connectivity index (χ0) is 13.2. The second kappa shape index (κ2) is 5.35. The number of hydrogen-bond acceptors (Lipinski definition) is 4. The van der Waals surface area contributed by atoms with Gasteiger partial charge >= 0.3 is 0 Å². The molecule has 1 amide bonds. The number of likely N-dealkylation sites (tertiary alicyclic amines) is 1. The highest BCUT2D eigenvalue weighted by Crippen LogP contribution is 2.33. The quantitative estimate of drug-likeness (QED) is 0.885. The molecule has 2 fully saturated rings. The molecule has 1 N–H and O–H groups in total. The Morgan fingerprint density at radius 1 is 1.58 bits per heavy atom. The van der Waals surface area contributed by atoms with Crippen molar-refractivity contribution >= 4 is 5.91 Å². The van der Waals surface area contributed by atoms with Crippen LogP contribution in [-0.2, 0) is 16.1 Å². The Hall–Kier alpha value is -1.33. The number of piperidine rings is 1. The zero-order valence-electron chi connectivity index (χ0n) is 11.2. The van der Waals surface area contributed by atoms with Crippen molar-refractivity contribution in [3.8, 4) is 0 Å². The largest absolute Gasteiger partial charge is 0.468 e. The minimum Gasteiger partial charge on any atom is -0.468 e. The number of furan rings is 1. The van der Waals surface area contributed by atoms with E-state index in [1.165, 1.54) is 0 Å². The van der Waals surface area contributed by atoms with Crippen LogP contribution in [0.5, 0.6) is 0 Å². The zero-order valence-corrected chi connectivity index (χ0v) is 11.2. The van der Waals surface area contributed by atoms with E-state index in [0.717, 1.165) is 38.2 Å². The summed E-state index contributed by atoms with van der Waals surface area (Å²) < 4.78 is 11.3. The number of fused-ring (bicyclic) bond motifs is 1. The van der Waals surface area contributed by atoms with Crippen molar-refractivity contribution in [3.63, 3.8) is 0 Å². The van der Waals surface area contributed by atoms with Gasteiger partial charge in [-0.3, -0.25) is 9.69 Å². The van der Waals surface area contributed by atoms with E-state index in [2.05, 4.69) is 10.2 Å². The molecule has 0 aromatic carbocycles. The summed E-state index contributed by atoms with van der Waals surface area (Å²) in [6.07, 6.45) is 3.59. The Morgan fingerprint density at radius 3 is 3.21 bits per heavy atom. The first-order valence-electron chi connectivity index (χ1n) is 6.88. The van der Waals surface area contributed by atoms with Crippen LogP contribution in [0.1, 0.15) is 18.6 Å². The molecule has 3 heterocycles. The first-order valence-corrected chi connectivity index (χ1v) is 6.88. The van der Waals surface area contributed by atoms with Gasteiger partial charge < -0.3 is 14.5 Å². The molecule has 19 heavy (non-hydrogen) atoms. The van der Waals surface area contributed by atoms with Crippen LogP contribution in [0.25, 0.3) is 0 Å². The molecular formula is C14H20N2O3. The van der Waals surface area contributed by atoms with Crippen LogP contribution in [0, 0.1) is 5.92 Å². The molecule has 0 spiro atoms. The summed E-state index contributed by atoms with van der Waals surface area (Å²) >= 11 is 0. The molecule has 0 saturated carbocycles. The van der Waals surface area contributed by atoms with Gasteiger partial charge in [0.15, 0.2) is 0 Å². The Labute approximate surface area is 112 Å². The Bertz CT molecular complexity index is 432. The molecule has 5 heteroatoms. The number of ether oxygens (including phenoxy) is 1. The minimum absolute atomic E-state index is 0.00647. The molecule has 5 nitrogen and oxygen atoms in total. The summed E-state index contributed by atoms with van der Waals surface area (Å²) in [7, 11) is 1.66. The van der Waals surface area contributed by atoms with E-state index in [1.54, 1.807) is 13.3 Å². The average molecular weight is 264 g/mol. The third-order valence-corrected chi connectivity index (χ3v) is 4.13. The van der Waals surface area contributed by atoms with E-state index < -0.39 is 0 Å². The Balaban J connectivity index is 1.57. The molecule has 2 aliphatic heterocycles. The maximum absolute atomic E-state index is 11.6. The first kappa shape index (κ1) is 12.7. The molecule has 2 saturated heterocycles. The van der Waals surface area contributed by atoms with Crippen molar-refractivity contribution in [3.05, 3.63) is 24.2 Å². The summed E-state index contributed by atoms with van der Waals surface area (Å²) in [6.45, 7) is 2.76. The molecule has 1 aromatic rings. The summed E-state index contributed by atoms with van der Waals surface area (Å²) in [5.41, 5.74) is 0. The van der Waals surface area contributed by atoms with Gasteiger partial charge in [-0.05, 0) is 37.4 Å². The van der Waals surface area contributed by atoms with Crippen molar-refractivity contribution < 1.29 is 13.9 Å². The highest BCUT2D eigenvalue weighted by molar-refractivity contribution is 5.80. The number of carbonyl (C=O) groups is 1. The number of nitrogens with one attached hydrogen (secondary N) is 1. The first-order chi connectivity index (χ1) is 9.26. The van der Waals surface area contributed by atoms with Gasteiger partial charge in [-0.15, -0.1) is 0 Å². The lowest BCUT2D eigenvalue weighted by Gasteiger charge is -2.33. The van der Waals surface area contributed by atoms with Crippen molar-refractivity contribution in [2.75, 3.05) is 20.1 Å². The maximum atomic E-state index is 11.6. The van der Waals surface area contributed by atoms with Gasteiger partial charge in [-0.1, -0.05) is 0 Å². The fraction of sp³-hybridized carbons (Fsp3) is 0.643. The Morgan fingerprint density at radius 2 is 2.47 bits per heavy atom. The van der Waals surface area contributed by atoms with Gasteiger partial charge in [-0.2, -0.15) is 0 Å². The van der Waals surface area contributed by atoms with E-state index >= 15 is 0 Å². The molecule has 1 aromatic heterocycles. The number of amides is 1. The monoisotopic (exact) mass is 264 g/mol. The molecule has 0 bridgehead atoms. The molecule has 2 aliphatic rings. The van der Waals surface area contributed by atoms with Gasteiger partial charge in [0.2, 0.25) is 5.91 Å². The van der Waals surface area contributed by atoms with Gasteiger partial charge in [0.25, 0.3) is 0 Å². The predicted octanol–water partition coefficient (Wildman–Crippen LogP) is 1.00. The van der Waals surface area contributed by atoms with Gasteiger partial charge in [0.1, 0.15) is 11.9 Å². The number of carbonyl (C=O) groups excluding carboxylic acids is 1. The third-order valence-electron chi connectivity index (χ3n) is 4.13. The molecule has 104 valence electrons. The van der Waals surface area contributed by atoms with Crippen LogP contribution in [-0.4, -0.2) is 43.2 Å². The number of hydrogen-bond donors (Lipinski definition) is 1. The summed E-state index contributed by atoms with van der Waals surface area (Å²) in [5, 5.41) is 2.67.